The molecule has 18 heavy (non-hydrogen) atoms. The highest BCUT2D eigenvalue weighted by Gasteiger charge is 2.45. The first kappa shape index (κ1) is 13.2. The third-order valence-corrected chi connectivity index (χ3v) is 3.55. The molecule has 2 unspecified atom stereocenters. The standard InChI is InChI=1S/C13H21N3O2/c1-12(2,3)18-11(17)16-7-6-13(9-16)5-4-10(8-14)15-13/h10,15H,4-7,9H2,1-3H3. The topological polar surface area (TPSA) is 65.4 Å². The van der Waals surface area contributed by atoms with E-state index in [9.17, 15) is 4.79 Å². The Morgan fingerprint density at radius 3 is 2.78 bits per heavy atom. The Hall–Kier alpha value is -1.28. The largest absolute Gasteiger partial charge is 0.444 e. The molecule has 0 aromatic rings. The van der Waals surface area contributed by atoms with Gasteiger partial charge in [0.2, 0.25) is 0 Å². The summed E-state index contributed by atoms with van der Waals surface area (Å²) in [6.45, 7) is 6.98. The third-order valence-electron chi connectivity index (χ3n) is 3.55. The predicted molar refractivity (Wildman–Crippen MR) is 66.9 cm³/mol. The summed E-state index contributed by atoms with van der Waals surface area (Å²) in [5, 5.41) is 12.3. The van der Waals surface area contributed by atoms with Gasteiger partial charge >= 0.3 is 6.09 Å². The number of hydrogen-bond acceptors (Lipinski definition) is 4. The van der Waals surface area contributed by atoms with Crippen molar-refractivity contribution in [3.8, 4) is 6.07 Å². The number of carbonyl (C=O) groups is 1. The number of carbonyl (C=O) groups excluding carboxylic acids is 1. The highest BCUT2D eigenvalue weighted by Crippen LogP contribution is 2.33. The van der Waals surface area contributed by atoms with Gasteiger partial charge in [-0.25, -0.2) is 4.79 Å². The molecule has 2 fully saturated rings. The molecule has 0 aromatic heterocycles. The first-order valence-electron chi connectivity index (χ1n) is 6.49. The van der Waals surface area contributed by atoms with Crippen LogP contribution in [-0.4, -0.2) is 41.3 Å². The van der Waals surface area contributed by atoms with Gasteiger partial charge in [0, 0.05) is 18.6 Å². The van der Waals surface area contributed by atoms with Gasteiger partial charge in [-0.3, -0.25) is 5.32 Å². The fraction of sp³-hybridized carbons (Fsp3) is 0.846. The minimum Gasteiger partial charge on any atom is -0.444 e. The molecule has 5 heteroatoms. The number of likely N-dealkylation sites (tertiary alicyclic amines) is 1. The van der Waals surface area contributed by atoms with Crippen molar-refractivity contribution < 1.29 is 9.53 Å². The second-order valence-corrected chi connectivity index (χ2v) is 6.30. The fourth-order valence-electron chi connectivity index (χ4n) is 2.71. The van der Waals surface area contributed by atoms with Gasteiger partial charge < -0.3 is 9.64 Å². The molecular formula is C13H21N3O2. The molecule has 2 atom stereocenters. The van der Waals surface area contributed by atoms with Gasteiger partial charge in [0.1, 0.15) is 5.60 Å². The number of nitrogens with zero attached hydrogens (tertiary/aromatic N) is 2. The Labute approximate surface area is 108 Å². The maximum atomic E-state index is 12.0. The van der Waals surface area contributed by atoms with Crippen LogP contribution in [0.1, 0.15) is 40.0 Å². The van der Waals surface area contributed by atoms with E-state index in [1.165, 1.54) is 0 Å². The summed E-state index contributed by atoms with van der Waals surface area (Å²) in [6, 6.07) is 2.19. The summed E-state index contributed by atoms with van der Waals surface area (Å²) in [7, 11) is 0. The van der Waals surface area contributed by atoms with Gasteiger partial charge in [-0.1, -0.05) is 0 Å². The minimum absolute atomic E-state index is 0.0582. The van der Waals surface area contributed by atoms with E-state index in [4.69, 9.17) is 10.00 Å². The van der Waals surface area contributed by atoms with Crippen LogP contribution < -0.4 is 5.32 Å². The lowest BCUT2D eigenvalue weighted by Crippen LogP contribution is -2.46. The van der Waals surface area contributed by atoms with Crippen LogP contribution in [0.25, 0.3) is 0 Å². The van der Waals surface area contributed by atoms with Gasteiger partial charge in [-0.15, -0.1) is 0 Å². The van der Waals surface area contributed by atoms with Crippen molar-refractivity contribution in [1.82, 2.24) is 10.2 Å². The van der Waals surface area contributed by atoms with Crippen LogP contribution in [0.3, 0.4) is 0 Å². The van der Waals surface area contributed by atoms with Gasteiger partial charge in [0.25, 0.3) is 0 Å². The molecule has 2 aliphatic heterocycles. The van der Waals surface area contributed by atoms with Crippen molar-refractivity contribution in [2.24, 2.45) is 0 Å². The van der Waals surface area contributed by atoms with E-state index in [0.717, 1.165) is 19.3 Å². The van der Waals surface area contributed by atoms with E-state index in [2.05, 4.69) is 11.4 Å². The zero-order valence-electron chi connectivity index (χ0n) is 11.3. The smallest absolute Gasteiger partial charge is 0.410 e. The molecule has 2 aliphatic rings. The quantitative estimate of drug-likeness (QED) is 0.711. The van der Waals surface area contributed by atoms with Gasteiger partial charge in [0.15, 0.2) is 0 Å². The van der Waals surface area contributed by atoms with Crippen molar-refractivity contribution in [2.75, 3.05) is 13.1 Å². The average molecular weight is 251 g/mol. The van der Waals surface area contributed by atoms with Crippen LogP contribution in [0, 0.1) is 11.3 Å². The van der Waals surface area contributed by atoms with Crippen molar-refractivity contribution >= 4 is 6.09 Å². The molecule has 2 saturated heterocycles. The Morgan fingerprint density at radius 1 is 1.50 bits per heavy atom. The molecule has 0 aromatic carbocycles. The average Bonchev–Trinajstić information content (AvgIpc) is 2.84. The number of nitrogens with one attached hydrogen (secondary N) is 1. The Morgan fingerprint density at radius 2 is 2.22 bits per heavy atom. The summed E-state index contributed by atoms with van der Waals surface area (Å²) >= 11 is 0. The summed E-state index contributed by atoms with van der Waals surface area (Å²) in [5.74, 6) is 0. The highest BCUT2D eigenvalue weighted by molar-refractivity contribution is 5.68. The first-order chi connectivity index (χ1) is 8.34. The number of rotatable bonds is 0. The lowest BCUT2D eigenvalue weighted by Gasteiger charge is -2.27. The predicted octanol–water partition coefficient (Wildman–Crippen LogP) is 1.64. The van der Waals surface area contributed by atoms with Crippen molar-refractivity contribution in [3.05, 3.63) is 0 Å². The van der Waals surface area contributed by atoms with Crippen LogP contribution in [0.4, 0.5) is 4.79 Å². The fourth-order valence-corrected chi connectivity index (χ4v) is 2.71. The van der Waals surface area contributed by atoms with Crippen LogP contribution in [0.15, 0.2) is 0 Å². The second-order valence-electron chi connectivity index (χ2n) is 6.30. The lowest BCUT2D eigenvalue weighted by atomic mass is 9.97. The second kappa shape index (κ2) is 4.43. The van der Waals surface area contributed by atoms with Crippen LogP contribution in [0.5, 0.6) is 0 Å². The normalized spacial score (nSPS) is 31.7. The molecule has 1 spiro atoms. The summed E-state index contributed by atoms with van der Waals surface area (Å²) in [5.41, 5.74) is -0.511. The van der Waals surface area contributed by atoms with E-state index in [-0.39, 0.29) is 17.7 Å². The Bertz CT molecular complexity index is 383. The summed E-state index contributed by atoms with van der Waals surface area (Å²) in [4.78, 5) is 13.7. The van der Waals surface area contributed by atoms with Crippen molar-refractivity contribution in [2.45, 2.75) is 57.2 Å². The number of nitriles is 1. The van der Waals surface area contributed by atoms with Crippen LogP contribution in [-0.2, 0) is 4.74 Å². The summed E-state index contributed by atoms with van der Waals surface area (Å²) in [6.07, 6.45) is 2.50. The molecule has 1 N–H and O–H groups in total. The maximum Gasteiger partial charge on any atom is 0.410 e. The van der Waals surface area contributed by atoms with Crippen LogP contribution >= 0.6 is 0 Å². The van der Waals surface area contributed by atoms with Gasteiger partial charge in [-0.2, -0.15) is 5.26 Å². The van der Waals surface area contributed by atoms with E-state index >= 15 is 0 Å². The molecule has 0 bridgehead atoms. The SMILES string of the molecule is CC(C)(C)OC(=O)N1CCC2(CCC(C#N)N2)C1. The summed E-state index contributed by atoms with van der Waals surface area (Å²) < 4.78 is 5.37. The Kier molecular flexibility index (Phi) is 3.24. The molecule has 1 amide bonds. The van der Waals surface area contributed by atoms with Crippen molar-refractivity contribution in [3.63, 3.8) is 0 Å². The molecule has 0 radical (unpaired) electrons. The van der Waals surface area contributed by atoms with E-state index < -0.39 is 5.60 Å². The lowest BCUT2D eigenvalue weighted by molar-refractivity contribution is 0.0282. The third kappa shape index (κ3) is 2.75. The zero-order chi connectivity index (χ0) is 13.4. The first-order valence-corrected chi connectivity index (χ1v) is 6.49. The molecule has 0 saturated carbocycles. The molecule has 2 rings (SSSR count). The highest BCUT2D eigenvalue weighted by atomic mass is 16.6. The number of hydrogen-bond donors (Lipinski definition) is 1. The van der Waals surface area contributed by atoms with E-state index in [0.29, 0.717) is 13.1 Å². The van der Waals surface area contributed by atoms with Crippen molar-refractivity contribution in [1.29, 1.82) is 5.26 Å². The number of amides is 1. The van der Waals surface area contributed by atoms with E-state index in [1.54, 1.807) is 4.90 Å². The van der Waals surface area contributed by atoms with E-state index in [1.807, 2.05) is 20.8 Å². The van der Waals surface area contributed by atoms with Crippen LogP contribution in [0.2, 0.25) is 0 Å². The molecule has 2 heterocycles. The van der Waals surface area contributed by atoms with Gasteiger partial charge in [-0.05, 0) is 40.0 Å². The monoisotopic (exact) mass is 251 g/mol. The molecule has 100 valence electrons. The number of ether oxygens (including phenoxy) is 1. The zero-order valence-corrected chi connectivity index (χ0v) is 11.3. The molecule has 5 nitrogen and oxygen atoms in total. The molecule has 0 aliphatic carbocycles. The minimum atomic E-state index is -0.453. The maximum absolute atomic E-state index is 12.0. The molecular weight excluding hydrogens is 230 g/mol. The Balaban J connectivity index is 1.93. The van der Waals surface area contributed by atoms with Gasteiger partial charge in [0.05, 0.1) is 12.1 Å².